The molecule has 1 aromatic rings. The van der Waals surface area contributed by atoms with Gasteiger partial charge in [-0.3, -0.25) is 0 Å². The summed E-state index contributed by atoms with van der Waals surface area (Å²) in [6, 6.07) is 7.92. The van der Waals surface area contributed by atoms with Gasteiger partial charge in [-0.05, 0) is 23.0 Å². The molecule has 1 atom stereocenters. The van der Waals surface area contributed by atoms with E-state index in [9.17, 15) is 4.79 Å². The summed E-state index contributed by atoms with van der Waals surface area (Å²) in [5.74, 6) is 0. The van der Waals surface area contributed by atoms with Crippen molar-refractivity contribution in [1.82, 2.24) is 0 Å². The lowest BCUT2D eigenvalue weighted by molar-refractivity contribution is -0.108. The van der Waals surface area contributed by atoms with Crippen LogP contribution in [-0.4, -0.2) is 12.3 Å². The summed E-state index contributed by atoms with van der Waals surface area (Å²) in [4.78, 5) is 10.4. The van der Waals surface area contributed by atoms with Crippen LogP contribution in [-0.2, 0) is 16.6 Å². The minimum atomic E-state index is -0.384. The molecule has 0 aliphatic rings. The number of benzene rings is 1. The van der Waals surface area contributed by atoms with Crippen molar-refractivity contribution >= 4 is 6.29 Å². The molecule has 0 aliphatic heterocycles. The third-order valence-electron chi connectivity index (χ3n) is 2.47. The van der Waals surface area contributed by atoms with Crippen LogP contribution in [0.4, 0.5) is 0 Å². The second-order valence-electron chi connectivity index (χ2n) is 4.95. The summed E-state index contributed by atoms with van der Waals surface area (Å²) in [7, 11) is 0. The quantitative estimate of drug-likeness (QED) is 0.767. The molecule has 2 N–H and O–H groups in total. The van der Waals surface area contributed by atoms with Crippen molar-refractivity contribution < 1.29 is 4.79 Å². The van der Waals surface area contributed by atoms with Crippen molar-refractivity contribution in [2.75, 3.05) is 0 Å². The number of nitrogens with two attached hydrogens (primary N) is 1. The van der Waals surface area contributed by atoms with Crippen LogP contribution in [0.3, 0.4) is 0 Å². The lowest BCUT2D eigenvalue weighted by atomic mass is 9.86. The SMILES string of the molecule is CC(C)(C)c1ccc(C[C@H](N)C=O)cc1. The number of aldehydes is 1. The average molecular weight is 205 g/mol. The van der Waals surface area contributed by atoms with E-state index in [1.807, 2.05) is 12.1 Å². The molecule has 2 heteroatoms. The van der Waals surface area contributed by atoms with Crippen LogP contribution in [0, 0.1) is 0 Å². The van der Waals surface area contributed by atoms with Gasteiger partial charge in [0.25, 0.3) is 0 Å². The van der Waals surface area contributed by atoms with Crippen LogP contribution in [0.5, 0.6) is 0 Å². The fourth-order valence-corrected chi connectivity index (χ4v) is 1.46. The maximum atomic E-state index is 10.4. The van der Waals surface area contributed by atoms with E-state index in [1.54, 1.807) is 0 Å². The summed E-state index contributed by atoms with van der Waals surface area (Å²) in [5.41, 5.74) is 8.14. The first-order valence-electron chi connectivity index (χ1n) is 5.24. The first-order valence-corrected chi connectivity index (χ1v) is 5.24. The molecule has 0 saturated heterocycles. The van der Waals surface area contributed by atoms with Crippen LogP contribution < -0.4 is 5.73 Å². The zero-order chi connectivity index (χ0) is 11.5. The summed E-state index contributed by atoms with van der Waals surface area (Å²) in [6.45, 7) is 6.54. The molecule has 2 nitrogen and oxygen atoms in total. The van der Waals surface area contributed by atoms with Gasteiger partial charge in [-0.15, -0.1) is 0 Å². The Hall–Kier alpha value is -1.15. The smallest absolute Gasteiger partial charge is 0.137 e. The minimum Gasteiger partial charge on any atom is -0.321 e. The third-order valence-corrected chi connectivity index (χ3v) is 2.47. The molecule has 0 aromatic heterocycles. The number of hydrogen-bond donors (Lipinski definition) is 1. The average Bonchev–Trinajstić information content (AvgIpc) is 2.17. The molecular formula is C13H19NO. The molecular weight excluding hydrogens is 186 g/mol. The summed E-state index contributed by atoms with van der Waals surface area (Å²) in [6.07, 6.45) is 1.41. The van der Waals surface area contributed by atoms with Gasteiger partial charge in [-0.2, -0.15) is 0 Å². The summed E-state index contributed by atoms with van der Waals surface area (Å²) in [5, 5.41) is 0. The Bertz CT molecular complexity index is 321. The first-order chi connectivity index (χ1) is 6.93. The van der Waals surface area contributed by atoms with Crippen LogP contribution in [0.1, 0.15) is 31.9 Å². The minimum absolute atomic E-state index is 0.172. The molecule has 0 bridgehead atoms. The second-order valence-corrected chi connectivity index (χ2v) is 4.95. The lowest BCUT2D eigenvalue weighted by Gasteiger charge is -2.19. The Labute approximate surface area is 91.5 Å². The van der Waals surface area contributed by atoms with Crippen LogP contribution in [0.15, 0.2) is 24.3 Å². The molecule has 1 rings (SSSR count). The monoisotopic (exact) mass is 205 g/mol. The van der Waals surface area contributed by atoms with Crippen molar-refractivity contribution in [1.29, 1.82) is 0 Å². The van der Waals surface area contributed by atoms with E-state index >= 15 is 0 Å². The molecule has 0 unspecified atom stereocenters. The standard InChI is InChI=1S/C13H19NO/c1-13(2,3)11-6-4-10(5-7-11)8-12(14)9-15/h4-7,9,12H,8,14H2,1-3H3/t12-/m0/s1. The molecule has 0 saturated carbocycles. The first kappa shape index (κ1) is 11.9. The molecule has 15 heavy (non-hydrogen) atoms. The predicted molar refractivity (Wildman–Crippen MR) is 62.9 cm³/mol. The number of rotatable bonds is 3. The van der Waals surface area contributed by atoms with Gasteiger partial charge >= 0.3 is 0 Å². The maximum absolute atomic E-state index is 10.4. The van der Waals surface area contributed by atoms with Gasteiger partial charge in [0.1, 0.15) is 6.29 Å². The topological polar surface area (TPSA) is 43.1 Å². The van der Waals surface area contributed by atoms with E-state index in [0.717, 1.165) is 11.8 Å². The van der Waals surface area contributed by atoms with E-state index in [1.165, 1.54) is 5.56 Å². The normalized spacial score (nSPS) is 13.6. The van der Waals surface area contributed by atoms with Crippen molar-refractivity contribution in [2.45, 2.75) is 38.6 Å². The highest BCUT2D eigenvalue weighted by Gasteiger charge is 2.13. The predicted octanol–water partition coefficient (Wildman–Crippen LogP) is 2.05. The van der Waals surface area contributed by atoms with Crippen LogP contribution in [0.2, 0.25) is 0 Å². The van der Waals surface area contributed by atoms with E-state index in [4.69, 9.17) is 5.73 Å². The molecule has 1 aromatic carbocycles. The molecule has 0 radical (unpaired) electrons. The third kappa shape index (κ3) is 3.48. The van der Waals surface area contributed by atoms with Crippen molar-refractivity contribution in [3.63, 3.8) is 0 Å². The second kappa shape index (κ2) is 4.58. The van der Waals surface area contributed by atoms with E-state index in [2.05, 4.69) is 32.9 Å². The zero-order valence-corrected chi connectivity index (χ0v) is 9.66. The van der Waals surface area contributed by atoms with Gasteiger partial charge in [-0.25, -0.2) is 0 Å². The highest BCUT2D eigenvalue weighted by Crippen LogP contribution is 2.22. The molecule has 0 spiro atoms. The Kier molecular flexibility index (Phi) is 3.64. The Morgan fingerprint density at radius 2 is 1.80 bits per heavy atom. The Morgan fingerprint density at radius 1 is 1.27 bits per heavy atom. The molecule has 82 valence electrons. The molecule has 0 amide bonds. The number of carbonyl (C=O) groups is 1. The van der Waals surface area contributed by atoms with Gasteiger partial charge in [0.05, 0.1) is 6.04 Å². The van der Waals surface area contributed by atoms with Gasteiger partial charge in [0, 0.05) is 0 Å². The van der Waals surface area contributed by atoms with Gasteiger partial charge in [0.2, 0.25) is 0 Å². The number of hydrogen-bond acceptors (Lipinski definition) is 2. The van der Waals surface area contributed by atoms with Crippen LogP contribution >= 0.6 is 0 Å². The highest BCUT2D eigenvalue weighted by molar-refractivity contribution is 5.57. The Balaban J connectivity index is 2.77. The fourth-order valence-electron chi connectivity index (χ4n) is 1.46. The van der Waals surface area contributed by atoms with Crippen molar-refractivity contribution in [3.05, 3.63) is 35.4 Å². The highest BCUT2D eigenvalue weighted by atomic mass is 16.1. The number of carbonyl (C=O) groups excluding carboxylic acids is 1. The summed E-state index contributed by atoms with van der Waals surface area (Å²) >= 11 is 0. The molecule has 0 heterocycles. The largest absolute Gasteiger partial charge is 0.321 e. The van der Waals surface area contributed by atoms with Gasteiger partial charge < -0.3 is 10.5 Å². The lowest BCUT2D eigenvalue weighted by Crippen LogP contribution is -2.24. The fraction of sp³-hybridized carbons (Fsp3) is 0.462. The molecule has 0 aliphatic carbocycles. The van der Waals surface area contributed by atoms with Gasteiger partial charge in [-0.1, -0.05) is 45.0 Å². The summed E-state index contributed by atoms with van der Waals surface area (Å²) < 4.78 is 0. The Morgan fingerprint density at radius 3 is 2.20 bits per heavy atom. The zero-order valence-electron chi connectivity index (χ0n) is 9.66. The van der Waals surface area contributed by atoms with Crippen molar-refractivity contribution in [3.8, 4) is 0 Å². The van der Waals surface area contributed by atoms with E-state index < -0.39 is 0 Å². The van der Waals surface area contributed by atoms with Gasteiger partial charge in [0.15, 0.2) is 0 Å². The van der Waals surface area contributed by atoms with Crippen LogP contribution in [0.25, 0.3) is 0 Å². The molecule has 0 fully saturated rings. The van der Waals surface area contributed by atoms with E-state index in [-0.39, 0.29) is 11.5 Å². The van der Waals surface area contributed by atoms with E-state index in [0.29, 0.717) is 6.42 Å². The maximum Gasteiger partial charge on any atom is 0.137 e. The van der Waals surface area contributed by atoms with Crippen molar-refractivity contribution in [2.24, 2.45) is 5.73 Å².